The number of halogens is 2. The van der Waals surface area contributed by atoms with Crippen LogP contribution in [0.5, 0.6) is 0 Å². The van der Waals surface area contributed by atoms with Crippen LogP contribution >= 0.6 is 0 Å². The molecule has 0 amide bonds. The topological polar surface area (TPSA) is 12.0 Å². The number of benzene rings is 2. The van der Waals surface area contributed by atoms with Crippen molar-refractivity contribution in [2.45, 2.75) is 32.2 Å². The minimum atomic E-state index is -0.515. The Morgan fingerprint density at radius 2 is 1.71 bits per heavy atom. The number of aryl methyl sites for hydroxylation is 2. The number of hydrogen-bond acceptors (Lipinski definition) is 1. The fourth-order valence-electron chi connectivity index (χ4n) is 2.58. The Hall–Kier alpha value is -1.74. The fourth-order valence-corrected chi connectivity index (χ4v) is 2.58. The van der Waals surface area contributed by atoms with Crippen molar-refractivity contribution in [3.05, 3.63) is 70.8 Å². The fraction of sp³-hybridized carbons (Fsp3) is 0.333. The molecule has 2 rings (SSSR count). The molecule has 0 heterocycles. The second-order valence-corrected chi connectivity index (χ2v) is 5.43. The second-order valence-electron chi connectivity index (χ2n) is 5.43. The quantitative estimate of drug-likeness (QED) is 0.846. The lowest BCUT2D eigenvalue weighted by Crippen LogP contribution is -2.28. The van der Waals surface area contributed by atoms with Crippen LogP contribution in [-0.2, 0) is 12.8 Å². The summed E-state index contributed by atoms with van der Waals surface area (Å²) < 4.78 is 26.5. The first kappa shape index (κ1) is 15.6. The van der Waals surface area contributed by atoms with Crippen LogP contribution in [0.1, 0.15) is 23.1 Å². The third-order valence-corrected chi connectivity index (χ3v) is 3.84. The van der Waals surface area contributed by atoms with Gasteiger partial charge in [0.2, 0.25) is 0 Å². The third kappa shape index (κ3) is 4.64. The van der Waals surface area contributed by atoms with E-state index in [1.54, 1.807) is 0 Å². The normalized spacial score (nSPS) is 12.4. The highest BCUT2D eigenvalue weighted by atomic mass is 19.1. The largest absolute Gasteiger partial charge is 0.317 e. The molecule has 1 N–H and O–H groups in total. The minimum absolute atomic E-state index is 0.200. The van der Waals surface area contributed by atoms with Crippen LogP contribution < -0.4 is 5.32 Å². The van der Waals surface area contributed by atoms with Crippen LogP contribution in [0, 0.1) is 18.6 Å². The van der Waals surface area contributed by atoms with Crippen molar-refractivity contribution in [1.29, 1.82) is 0 Å². The van der Waals surface area contributed by atoms with Gasteiger partial charge in [0.25, 0.3) is 0 Å². The van der Waals surface area contributed by atoms with Gasteiger partial charge in [-0.3, -0.25) is 0 Å². The molecule has 2 aromatic rings. The van der Waals surface area contributed by atoms with E-state index in [2.05, 4.69) is 24.4 Å². The molecule has 1 unspecified atom stereocenters. The molecule has 0 fully saturated rings. The average molecular weight is 289 g/mol. The van der Waals surface area contributed by atoms with Crippen LogP contribution in [0.3, 0.4) is 0 Å². The first-order valence-electron chi connectivity index (χ1n) is 7.25. The zero-order chi connectivity index (χ0) is 15.2. The smallest absolute Gasteiger partial charge is 0.126 e. The van der Waals surface area contributed by atoms with Gasteiger partial charge in [-0.1, -0.05) is 24.3 Å². The molecule has 0 radical (unpaired) electrons. The number of nitrogens with one attached hydrogen (secondary N) is 1. The predicted molar refractivity (Wildman–Crippen MR) is 82.4 cm³/mol. The molecule has 0 saturated carbocycles. The highest BCUT2D eigenvalue weighted by Gasteiger charge is 2.10. The lowest BCUT2D eigenvalue weighted by atomic mass is 9.97. The summed E-state index contributed by atoms with van der Waals surface area (Å²) in [4.78, 5) is 0. The first-order valence-corrected chi connectivity index (χ1v) is 7.25. The van der Waals surface area contributed by atoms with E-state index in [4.69, 9.17) is 0 Å². The summed E-state index contributed by atoms with van der Waals surface area (Å²) in [5.41, 5.74) is 3.30. The molecular formula is C18H21F2N. The van der Waals surface area contributed by atoms with Crippen molar-refractivity contribution in [2.75, 3.05) is 7.05 Å². The SMILES string of the molecule is CNC(CCc1ccccc1C)Cc1cc(F)cc(F)c1. The first-order chi connectivity index (χ1) is 10.1. The Kier molecular flexibility index (Phi) is 5.45. The Labute approximate surface area is 125 Å². The van der Waals surface area contributed by atoms with Crippen LogP contribution in [0.4, 0.5) is 8.78 Å². The van der Waals surface area contributed by atoms with Crippen molar-refractivity contribution in [3.63, 3.8) is 0 Å². The van der Waals surface area contributed by atoms with Gasteiger partial charge in [-0.15, -0.1) is 0 Å². The molecule has 0 aliphatic heterocycles. The zero-order valence-electron chi connectivity index (χ0n) is 12.5. The molecule has 0 aliphatic carbocycles. The molecule has 0 aromatic heterocycles. The standard InChI is InChI=1S/C18H21F2N/c1-13-5-3-4-6-15(13)7-8-18(21-2)11-14-9-16(19)12-17(20)10-14/h3-6,9-10,12,18,21H,7-8,11H2,1-2H3. The lowest BCUT2D eigenvalue weighted by molar-refractivity contribution is 0.513. The number of rotatable bonds is 6. The summed E-state index contributed by atoms with van der Waals surface area (Å²) in [6, 6.07) is 12.2. The molecule has 112 valence electrons. The molecule has 0 bridgehead atoms. The van der Waals surface area contributed by atoms with Gasteiger partial charge in [0.05, 0.1) is 0 Å². The third-order valence-electron chi connectivity index (χ3n) is 3.84. The van der Waals surface area contributed by atoms with Crippen molar-refractivity contribution in [1.82, 2.24) is 5.32 Å². The second kappa shape index (κ2) is 7.32. The van der Waals surface area contributed by atoms with Gasteiger partial charge in [-0.2, -0.15) is 0 Å². The van der Waals surface area contributed by atoms with Gasteiger partial charge in [0.1, 0.15) is 11.6 Å². The summed E-state index contributed by atoms with van der Waals surface area (Å²) >= 11 is 0. The number of likely N-dealkylation sites (N-methyl/N-ethyl adjacent to an activating group) is 1. The number of hydrogen-bond donors (Lipinski definition) is 1. The minimum Gasteiger partial charge on any atom is -0.317 e. The Balaban J connectivity index is 1.98. The van der Waals surface area contributed by atoms with Crippen molar-refractivity contribution >= 4 is 0 Å². The van der Waals surface area contributed by atoms with E-state index in [9.17, 15) is 8.78 Å². The molecular weight excluding hydrogens is 268 g/mol. The summed E-state index contributed by atoms with van der Waals surface area (Å²) in [6.07, 6.45) is 2.51. The van der Waals surface area contributed by atoms with E-state index < -0.39 is 11.6 Å². The Bertz CT molecular complexity index is 575. The highest BCUT2D eigenvalue weighted by molar-refractivity contribution is 5.26. The van der Waals surface area contributed by atoms with Gasteiger partial charge in [-0.25, -0.2) is 8.78 Å². The predicted octanol–water partition coefficient (Wildman–Crippen LogP) is 4.04. The van der Waals surface area contributed by atoms with Crippen LogP contribution in [0.25, 0.3) is 0 Å². The van der Waals surface area contributed by atoms with Gasteiger partial charge in [0.15, 0.2) is 0 Å². The molecule has 0 saturated heterocycles. The van der Waals surface area contributed by atoms with Crippen molar-refractivity contribution in [3.8, 4) is 0 Å². The summed E-state index contributed by atoms with van der Waals surface area (Å²) in [5, 5.41) is 3.23. The van der Waals surface area contributed by atoms with E-state index in [0.29, 0.717) is 12.0 Å². The molecule has 1 nitrogen and oxygen atoms in total. The van der Waals surface area contributed by atoms with Crippen molar-refractivity contribution < 1.29 is 8.78 Å². The zero-order valence-corrected chi connectivity index (χ0v) is 12.5. The van der Waals surface area contributed by atoms with Crippen LogP contribution in [0.15, 0.2) is 42.5 Å². The molecule has 0 aliphatic rings. The molecule has 21 heavy (non-hydrogen) atoms. The van der Waals surface area contributed by atoms with Crippen molar-refractivity contribution in [2.24, 2.45) is 0 Å². The van der Waals surface area contributed by atoms with Gasteiger partial charge in [0, 0.05) is 12.1 Å². The molecule has 1 atom stereocenters. The van der Waals surface area contributed by atoms with E-state index in [0.717, 1.165) is 18.9 Å². The van der Waals surface area contributed by atoms with Crippen LogP contribution in [0.2, 0.25) is 0 Å². The summed E-state index contributed by atoms with van der Waals surface area (Å²) in [7, 11) is 1.89. The maximum absolute atomic E-state index is 13.2. The van der Waals surface area contributed by atoms with Gasteiger partial charge in [-0.05, 0) is 62.1 Å². The lowest BCUT2D eigenvalue weighted by Gasteiger charge is -2.17. The summed E-state index contributed by atoms with van der Waals surface area (Å²) in [5.74, 6) is -1.03. The van der Waals surface area contributed by atoms with E-state index in [1.807, 2.05) is 19.2 Å². The molecule has 3 heteroatoms. The maximum atomic E-state index is 13.2. The Morgan fingerprint density at radius 3 is 2.33 bits per heavy atom. The van der Waals surface area contributed by atoms with Crippen LogP contribution in [-0.4, -0.2) is 13.1 Å². The molecule has 0 spiro atoms. The monoisotopic (exact) mass is 289 g/mol. The van der Waals surface area contributed by atoms with Gasteiger partial charge < -0.3 is 5.32 Å². The van der Waals surface area contributed by atoms with E-state index in [1.165, 1.54) is 23.3 Å². The maximum Gasteiger partial charge on any atom is 0.126 e. The van der Waals surface area contributed by atoms with Gasteiger partial charge >= 0.3 is 0 Å². The Morgan fingerprint density at radius 1 is 1.05 bits per heavy atom. The highest BCUT2D eigenvalue weighted by Crippen LogP contribution is 2.15. The van der Waals surface area contributed by atoms with E-state index >= 15 is 0 Å². The average Bonchev–Trinajstić information content (AvgIpc) is 2.44. The molecule has 2 aromatic carbocycles. The van der Waals surface area contributed by atoms with E-state index in [-0.39, 0.29) is 6.04 Å². The summed E-state index contributed by atoms with van der Waals surface area (Å²) in [6.45, 7) is 2.10.